The van der Waals surface area contributed by atoms with Crippen LogP contribution in [0.2, 0.25) is 0 Å². The van der Waals surface area contributed by atoms with Crippen molar-refractivity contribution in [3.05, 3.63) is 84.4 Å². The second-order valence-electron chi connectivity index (χ2n) is 7.31. The first kappa shape index (κ1) is 22.9. The maximum atomic E-state index is 12.4. The third-order valence-electron chi connectivity index (χ3n) is 4.81. The minimum atomic E-state index is -0.173. The molecule has 0 atom stereocenters. The van der Waals surface area contributed by atoms with Gasteiger partial charge in [0, 0.05) is 17.8 Å². The minimum absolute atomic E-state index is 0.0361. The molecule has 6 nitrogen and oxygen atoms in total. The predicted octanol–water partition coefficient (Wildman–Crippen LogP) is 5.10. The van der Waals surface area contributed by atoms with Crippen LogP contribution in [0.15, 0.2) is 78.9 Å². The molecule has 0 bridgehead atoms. The van der Waals surface area contributed by atoms with E-state index >= 15 is 0 Å². The van der Waals surface area contributed by atoms with E-state index in [9.17, 15) is 9.59 Å². The van der Waals surface area contributed by atoms with E-state index in [1.807, 2.05) is 54.6 Å². The highest BCUT2D eigenvalue weighted by Crippen LogP contribution is 2.24. The van der Waals surface area contributed by atoms with Gasteiger partial charge in [0.15, 0.2) is 0 Å². The normalized spacial score (nSPS) is 10.3. The van der Waals surface area contributed by atoms with Crippen LogP contribution in [0.25, 0.3) is 0 Å². The van der Waals surface area contributed by atoms with E-state index < -0.39 is 0 Å². The molecule has 0 aliphatic carbocycles. The highest BCUT2D eigenvalue weighted by atomic mass is 16.5. The third kappa shape index (κ3) is 7.47. The van der Waals surface area contributed by atoms with Gasteiger partial charge in [-0.05, 0) is 54.8 Å². The van der Waals surface area contributed by atoms with Crippen LogP contribution in [0.4, 0.5) is 17.1 Å². The summed E-state index contributed by atoms with van der Waals surface area (Å²) in [5.74, 6) is 0.449. The molecule has 3 N–H and O–H groups in total. The van der Waals surface area contributed by atoms with Crippen molar-refractivity contribution >= 4 is 28.9 Å². The van der Waals surface area contributed by atoms with Gasteiger partial charge in [0.05, 0.1) is 18.8 Å². The number of anilines is 3. The molecule has 0 unspecified atom stereocenters. The lowest BCUT2D eigenvalue weighted by Crippen LogP contribution is -2.22. The number of nitrogens with one attached hydrogen (secondary N) is 3. The van der Waals surface area contributed by atoms with Crippen molar-refractivity contribution in [3.63, 3.8) is 0 Å². The number of ether oxygens (including phenoxy) is 1. The van der Waals surface area contributed by atoms with Crippen molar-refractivity contribution < 1.29 is 14.3 Å². The van der Waals surface area contributed by atoms with Gasteiger partial charge in [-0.25, -0.2) is 0 Å². The van der Waals surface area contributed by atoms with Crippen LogP contribution >= 0.6 is 0 Å². The van der Waals surface area contributed by atoms with Gasteiger partial charge in [-0.2, -0.15) is 0 Å². The number of carbonyl (C=O) groups is 2. The topological polar surface area (TPSA) is 79.5 Å². The smallest absolute Gasteiger partial charge is 0.243 e. The summed E-state index contributed by atoms with van der Waals surface area (Å²) in [6.45, 7) is 2.49. The van der Waals surface area contributed by atoms with Gasteiger partial charge in [0.2, 0.25) is 11.8 Å². The quantitative estimate of drug-likeness (QED) is 0.369. The molecule has 32 heavy (non-hydrogen) atoms. The van der Waals surface area contributed by atoms with Gasteiger partial charge in [-0.3, -0.25) is 9.59 Å². The molecule has 3 aromatic carbocycles. The Balaban J connectivity index is 1.45. The highest BCUT2D eigenvalue weighted by Gasteiger charge is 2.08. The van der Waals surface area contributed by atoms with Gasteiger partial charge in [0.1, 0.15) is 5.75 Å². The molecule has 0 saturated heterocycles. The lowest BCUT2D eigenvalue weighted by atomic mass is 10.1. The lowest BCUT2D eigenvalue weighted by Gasteiger charge is -2.13. The van der Waals surface area contributed by atoms with E-state index in [-0.39, 0.29) is 18.4 Å². The van der Waals surface area contributed by atoms with E-state index in [0.29, 0.717) is 24.5 Å². The lowest BCUT2D eigenvalue weighted by molar-refractivity contribution is -0.116. The van der Waals surface area contributed by atoms with E-state index in [1.165, 1.54) is 5.56 Å². The molecule has 0 aliphatic rings. The molecule has 3 aromatic rings. The molecule has 0 heterocycles. The zero-order chi connectivity index (χ0) is 22.6. The summed E-state index contributed by atoms with van der Waals surface area (Å²) in [6, 6.07) is 25.0. The molecule has 0 aliphatic heterocycles. The molecular formula is C26H29N3O3. The van der Waals surface area contributed by atoms with E-state index in [1.54, 1.807) is 19.1 Å². The Labute approximate surface area is 189 Å². The Kier molecular flexibility index (Phi) is 8.69. The minimum Gasteiger partial charge on any atom is -0.491 e. The van der Waals surface area contributed by atoms with Crippen LogP contribution in [-0.2, 0) is 16.0 Å². The summed E-state index contributed by atoms with van der Waals surface area (Å²) < 4.78 is 5.91. The molecule has 0 radical (unpaired) electrons. The molecule has 0 aromatic heterocycles. The summed E-state index contributed by atoms with van der Waals surface area (Å²) in [7, 11) is 0. The molecule has 2 amide bonds. The van der Waals surface area contributed by atoms with E-state index in [0.717, 1.165) is 24.2 Å². The second kappa shape index (κ2) is 12.2. The van der Waals surface area contributed by atoms with Crippen LogP contribution in [0.1, 0.15) is 25.3 Å². The number of rotatable bonds is 11. The first-order valence-corrected chi connectivity index (χ1v) is 10.8. The summed E-state index contributed by atoms with van der Waals surface area (Å²) in [5, 5.41) is 8.78. The Morgan fingerprint density at radius 2 is 1.47 bits per heavy atom. The summed E-state index contributed by atoms with van der Waals surface area (Å²) >= 11 is 0. The zero-order valence-corrected chi connectivity index (χ0v) is 18.3. The average molecular weight is 432 g/mol. The first-order chi connectivity index (χ1) is 15.6. The van der Waals surface area contributed by atoms with Crippen LogP contribution in [0.5, 0.6) is 5.75 Å². The first-order valence-electron chi connectivity index (χ1n) is 10.8. The maximum Gasteiger partial charge on any atom is 0.243 e. The van der Waals surface area contributed by atoms with Crippen LogP contribution in [0.3, 0.4) is 0 Å². The van der Waals surface area contributed by atoms with Crippen LogP contribution < -0.4 is 20.7 Å². The Morgan fingerprint density at radius 3 is 2.22 bits per heavy atom. The fourth-order valence-corrected chi connectivity index (χ4v) is 3.10. The van der Waals surface area contributed by atoms with Crippen molar-refractivity contribution in [1.29, 1.82) is 0 Å². The third-order valence-corrected chi connectivity index (χ3v) is 4.81. The van der Waals surface area contributed by atoms with Crippen molar-refractivity contribution in [2.24, 2.45) is 0 Å². The molecule has 166 valence electrons. The van der Waals surface area contributed by atoms with Crippen LogP contribution in [-0.4, -0.2) is 25.0 Å². The summed E-state index contributed by atoms with van der Waals surface area (Å²) in [5.41, 5.74) is 3.45. The number of hydrogen-bond donors (Lipinski definition) is 3. The Hall–Kier alpha value is -3.80. The number of aryl methyl sites for hydroxylation is 1. The molecule has 6 heteroatoms. The van der Waals surface area contributed by atoms with Crippen molar-refractivity contribution in [3.8, 4) is 5.75 Å². The van der Waals surface area contributed by atoms with Crippen molar-refractivity contribution in [2.75, 3.05) is 29.1 Å². The Bertz CT molecular complexity index is 1000. The monoisotopic (exact) mass is 431 g/mol. The predicted molar refractivity (Wildman–Crippen MR) is 129 cm³/mol. The standard InChI is InChI=1S/C26H29N3O3/c1-2-25(30)28-22-16-14-21(15-17-22)27-19-26(31)29-23-12-6-7-13-24(23)32-18-8-11-20-9-4-3-5-10-20/h3-7,9-10,12-17,27H,2,8,11,18-19H2,1H3,(H,28,30)(H,29,31). The molecular weight excluding hydrogens is 402 g/mol. The van der Waals surface area contributed by atoms with Gasteiger partial charge in [0.25, 0.3) is 0 Å². The van der Waals surface area contributed by atoms with Gasteiger partial charge in [-0.1, -0.05) is 49.4 Å². The van der Waals surface area contributed by atoms with Gasteiger partial charge in [-0.15, -0.1) is 0 Å². The largest absolute Gasteiger partial charge is 0.491 e. The number of para-hydroxylation sites is 2. The molecule has 0 saturated carbocycles. The number of benzene rings is 3. The summed E-state index contributed by atoms with van der Waals surface area (Å²) in [6.07, 6.45) is 2.27. The zero-order valence-electron chi connectivity index (χ0n) is 18.3. The van der Waals surface area contributed by atoms with E-state index in [2.05, 4.69) is 28.1 Å². The van der Waals surface area contributed by atoms with Crippen molar-refractivity contribution in [1.82, 2.24) is 0 Å². The Morgan fingerprint density at radius 1 is 0.781 bits per heavy atom. The fraction of sp³-hybridized carbons (Fsp3) is 0.231. The molecule has 0 spiro atoms. The number of carbonyl (C=O) groups excluding carboxylic acids is 2. The number of amides is 2. The van der Waals surface area contributed by atoms with Crippen molar-refractivity contribution in [2.45, 2.75) is 26.2 Å². The highest BCUT2D eigenvalue weighted by molar-refractivity contribution is 5.95. The van der Waals surface area contributed by atoms with E-state index in [4.69, 9.17) is 4.74 Å². The molecule has 3 rings (SSSR count). The number of hydrogen-bond acceptors (Lipinski definition) is 4. The SMILES string of the molecule is CCC(=O)Nc1ccc(NCC(=O)Nc2ccccc2OCCCc2ccccc2)cc1. The van der Waals surface area contributed by atoms with Crippen LogP contribution in [0, 0.1) is 0 Å². The molecule has 0 fully saturated rings. The van der Waals surface area contributed by atoms with Gasteiger partial charge >= 0.3 is 0 Å². The average Bonchev–Trinajstić information content (AvgIpc) is 2.83. The summed E-state index contributed by atoms with van der Waals surface area (Å²) in [4.78, 5) is 23.9. The van der Waals surface area contributed by atoms with Gasteiger partial charge < -0.3 is 20.7 Å². The second-order valence-corrected chi connectivity index (χ2v) is 7.31. The maximum absolute atomic E-state index is 12.4. The fourth-order valence-electron chi connectivity index (χ4n) is 3.10.